The molecule has 5 rings (SSSR count). The van der Waals surface area contributed by atoms with E-state index in [1.165, 1.54) is 4.90 Å². The standard InChI is InChI=1S/C27H31N5O5/c1-26(2,3)37-25(35)32-13-27(28,14-32)11-19-20(24(33)34)18-9-8-16-12-29-23(31-21(16)22(18)30-19)15-6-5-7-17(10-15)36-4/h5-7,10,12,30H,8-9,11,13-14,28H2,1-4H3,(H,33,34). The summed E-state index contributed by atoms with van der Waals surface area (Å²) in [5, 5.41) is 10.1. The Balaban J connectivity index is 1.45. The van der Waals surface area contributed by atoms with Crippen molar-refractivity contribution in [2.45, 2.75) is 51.2 Å². The minimum Gasteiger partial charge on any atom is -0.497 e. The number of ether oxygens (including phenoxy) is 2. The molecule has 0 atom stereocenters. The second-order valence-electron chi connectivity index (χ2n) is 10.8. The molecule has 0 unspecified atom stereocenters. The number of carbonyl (C=O) groups is 2. The fourth-order valence-corrected chi connectivity index (χ4v) is 5.04. The number of nitrogens with two attached hydrogens (primary N) is 1. The number of hydrogen-bond acceptors (Lipinski definition) is 7. The molecule has 2 aliphatic rings. The van der Waals surface area contributed by atoms with Crippen LogP contribution in [0.5, 0.6) is 5.75 Å². The van der Waals surface area contributed by atoms with Crippen molar-refractivity contribution in [3.05, 3.63) is 52.8 Å². The highest BCUT2D eigenvalue weighted by Gasteiger charge is 2.45. The van der Waals surface area contributed by atoms with Gasteiger partial charge in [0.2, 0.25) is 0 Å². The summed E-state index contributed by atoms with van der Waals surface area (Å²) in [6.45, 7) is 5.99. The molecule has 1 aromatic carbocycles. The molecule has 3 aromatic rings. The zero-order valence-electron chi connectivity index (χ0n) is 21.4. The summed E-state index contributed by atoms with van der Waals surface area (Å²) in [6, 6.07) is 7.49. The summed E-state index contributed by atoms with van der Waals surface area (Å²) in [4.78, 5) is 39.0. The van der Waals surface area contributed by atoms with E-state index in [0.717, 1.165) is 16.7 Å². The molecular formula is C27H31N5O5. The zero-order valence-corrected chi connectivity index (χ0v) is 21.4. The van der Waals surface area contributed by atoms with Crippen LogP contribution in [0.1, 0.15) is 48.0 Å². The first-order valence-corrected chi connectivity index (χ1v) is 12.2. The number of likely N-dealkylation sites (tertiary alicyclic amines) is 1. The maximum atomic E-state index is 12.4. The van der Waals surface area contributed by atoms with Gasteiger partial charge in [-0.15, -0.1) is 0 Å². The summed E-state index contributed by atoms with van der Waals surface area (Å²) in [7, 11) is 1.60. The van der Waals surface area contributed by atoms with Crippen LogP contribution in [-0.2, 0) is 24.0 Å². The summed E-state index contributed by atoms with van der Waals surface area (Å²) < 4.78 is 10.8. The van der Waals surface area contributed by atoms with Crippen LogP contribution >= 0.6 is 0 Å². The van der Waals surface area contributed by atoms with E-state index < -0.39 is 23.2 Å². The monoisotopic (exact) mass is 505 g/mol. The third-order valence-corrected chi connectivity index (χ3v) is 6.66. The number of fused-ring (bicyclic) bond motifs is 3. The van der Waals surface area contributed by atoms with E-state index in [9.17, 15) is 14.7 Å². The number of H-pyrrole nitrogens is 1. The average molecular weight is 506 g/mol. The molecule has 1 aliphatic carbocycles. The van der Waals surface area contributed by atoms with Crippen LogP contribution in [0, 0.1) is 0 Å². The average Bonchev–Trinajstić information content (AvgIpc) is 3.19. The van der Waals surface area contributed by atoms with Crippen molar-refractivity contribution in [2.75, 3.05) is 20.2 Å². The molecule has 194 valence electrons. The van der Waals surface area contributed by atoms with E-state index in [1.807, 2.05) is 45.0 Å². The molecule has 0 spiro atoms. The Morgan fingerprint density at radius 3 is 2.68 bits per heavy atom. The van der Waals surface area contributed by atoms with E-state index in [-0.39, 0.29) is 25.1 Å². The fraction of sp³-hybridized carbons (Fsp3) is 0.407. The number of rotatable bonds is 5. The highest BCUT2D eigenvalue weighted by molar-refractivity contribution is 5.94. The molecule has 1 aliphatic heterocycles. The van der Waals surface area contributed by atoms with E-state index in [2.05, 4.69) is 9.97 Å². The Labute approximate surface area is 214 Å². The fourth-order valence-electron chi connectivity index (χ4n) is 5.04. The van der Waals surface area contributed by atoms with E-state index in [1.54, 1.807) is 13.3 Å². The molecule has 1 amide bonds. The number of carbonyl (C=O) groups excluding carboxylic acids is 1. The van der Waals surface area contributed by atoms with Gasteiger partial charge >= 0.3 is 12.1 Å². The highest BCUT2D eigenvalue weighted by Crippen LogP contribution is 2.38. The van der Waals surface area contributed by atoms with E-state index >= 15 is 0 Å². The van der Waals surface area contributed by atoms with Gasteiger partial charge in [0, 0.05) is 37.0 Å². The largest absolute Gasteiger partial charge is 0.497 e. The van der Waals surface area contributed by atoms with Gasteiger partial charge in [0.05, 0.1) is 29.6 Å². The molecule has 10 heteroatoms. The Bertz CT molecular complexity index is 1380. The van der Waals surface area contributed by atoms with Crippen molar-refractivity contribution in [3.63, 3.8) is 0 Å². The second kappa shape index (κ2) is 8.88. The van der Waals surface area contributed by atoms with Crippen LogP contribution in [0.4, 0.5) is 4.79 Å². The van der Waals surface area contributed by atoms with Gasteiger partial charge in [0.25, 0.3) is 0 Å². The summed E-state index contributed by atoms with van der Waals surface area (Å²) >= 11 is 0. The van der Waals surface area contributed by atoms with Gasteiger partial charge in [-0.1, -0.05) is 12.1 Å². The Morgan fingerprint density at radius 1 is 1.24 bits per heavy atom. The molecule has 1 fully saturated rings. The molecular weight excluding hydrogens is 474 g/mol. The molecule has 2 aromatic heterocycles. The number of amides is 1. The molecule has 0 radical (unpaired) electrons. The molecule has 0 saturated carbocycles. The Hall–Kier alpha value is -3.92. The van der Waals surface area contributed by atoms with Crippen molar-refractivity contribution >= 4 is 12.1 Å². The lowest BCUT2D eigenvalue weighted by Crippen LogP contribution is -2.70. The minimum atomic E-state index is -1.01. The number of aromatic amines is 1. The Kier molecular flexibility index (Phi) is 5.94. The number of carboxylic acid groups (broad SMARTS) is 1. The maximum absolute atomic E-state index is 12.4. The van der Waals surface area contributed by atoms with Crippen LogP contribution in [0.25, 0.3) is 22.8 Å². The second-order valence-corrected chi connectivity index (χ2v) is 10.8. The van der Waals surface area contributed by atoms with Crippen LogP contribution in [0.3, 0.4) is 0 Å². The first kappa shape index (κ1) is 24.8. The van der Waals surface area contributed by atoms with E-state index in [0.29, 0.717) is 41.5 Å². The normalized spacial score (nSPS) is 15.9. The van der Waals surface area contributed by atoms with Gasteiger partial charge < -0.3 is 30.2 Å². The molecule has 10 nitrogen and oxygen atoms in total. The highest BCUT2D eigenvalue weighted by atomic mass is 16.6. The van der Waals surface area contributed by atoms with Gasteiger partial charge in [-0.3, -0.25) is 0 Å². The van der Waals surface area contributed by atoms with Crippen LogP contribution in [0.2, 0.25) is 0 Å². The number of aryl methyl sites for hydroxylation is 1. The zero-order chi connectivity index (χ0) is 26.5. The topological polar surface area (TPSA) is 144 Å². The Morgan fingerprint density at radius 2 is 2.00 bits per heavy atom. The third-order valence-electron chi connectivity index (χ3n) is 6.66. The maximum Gasteiger partial charge on any atom is 0.410 e. The van der Waals surface area contributed by atoms with Gasteiger partial charge in [0.15, 0.2) is 5.82 Å². The molecule has 3 heterocycles. The van der Waals surface area contributed by atoms with Gasteiger partial charge in [-0.25, -0.2) is 19.6 Å². The number of nitrogens with zero attached hydrogens (tertiary/aromatic N) is 3. The predicted octanol–water partition coefficient (Wildman–Crippen LogP) is 3.43. The number of aromatic carboxylic acids is 1. The number of hydrogen-bond donors (Lipinski definition) is 3. The van der Waals surface area contributed by atoms with E-state index in [4.69, 9.17) is 20.2 Å². The van der Waals surface area contributed by atoms with Crippen molar-refractivity contribution in [3.8, 4) is 28.5 Å². The lowest BCUT2D eigenvalue weighted by Gasteiger charge is -2.47. The quantitative estimate of drug-likeness (QED) is 0.478. The van der Waals surface area contributed by atoms with Gasteiger partial charge in [-0.05, 0) is 56.9 Å². The van der Waals surface area contributed by atoms with Crippen molar-refractivity contribution in [2.24, 2.45) is 5.73 Å². The van der Waals surface area contributed by atoms with Crippen molar-refractivity contribution in [1.82, 2.24) is 19.9 Å². The smallest absolute Gasteiger partial charge is 0.410 e. The minimum absolute atomic E-state index is 0.239. The molecule has 4 N–H and O–H groups in total. The van der Waals surface area contributed by atoms with Crippen molar-refractivity contribution in [1.29, 1.82) is 0 Å². The first-order valence-electron chi connectivity index (χ1n) is 12.2. The molecule has 37 heavy (non-hydrogen) atoms. The van der Waals surface area contributed by atoms with Crippen molar-refractivity contribution < 1.29 is 24.2 Å². The summed E-state index contributed by atoms with van der Waals surface area (Å²) in [6.07, 6.45) is 2.86. The van der Waals surface area contributed by atoms with Crippen LogP contribution < -0.4 is 10.5 Å². The molecule has 0 bridgehead atoms. The summed E-state index contributed by atoms with van der Waals surface area (Å²) in [5.74, 6) is 0.217. The SMILES string of the molecule is COc1cccc(-c2ncc3c(n2)-c2[nH]c(CC4(N)CN(C(=O)OC(C)(C)C)C4)c(C(=O)O)c2CC3)c1. The van der Waals surface area contributed by atoms with Crippen LogP contribution in [0.15, 0.2) is 30.5 Å². The molecule has 1 saturated heterocycles. The number of aromatic nitrogens is 3. The number of nitrogens with one attached hydrogen (secondary N) is 1. The predicted molar refractivity (Wildman–Crippen MR) is 137 cm³/mol. The van der Waals surface area contributed by atoms with Crippen LogP contribution in [-0.4, -0.2) is 68.4 Å². The number of benzene rings is 1. The first-order chi connectivity index (χ1) is 17.5. The lowest BCUT2D eigenvalue weighted by atomic mass is 9.84. The lowest BCUT2D eigenvalue weighted by molar-refractivity contribution is -0.00813. The van der Waals surface area contributed by atoms with Gasteiger partial charge in [-0.2, -0.15) is 0 Å². The summed E-state index contributed by atoms with van der Waals surface area (Å²) in [5.41, 5.74) is 9.85. The number of methoxy groups -OCH3 is 1. The van der Waals surface area contributed by atoms with Gasteiger partial charge in [0.1, 0.15) is 11.4 Å². The third kappa shape index (κ3) is 4.76. The number of carboxylic acids is 1.